The van der Waals surface area contributed by atoms with E-state index in [1.165, 1.54) is 6.33 Å². The predicted molar refractivity (Wildman–Crippen MR) is 140 cm³/mol. The number of nitrogens with zero attached hydrogens (tertiary/aromatic N) is 5. The topological polar surface area (TPSA) is 106 Å². The maximum absolute atomic E-state index is 12.2. The van der Waals surface area contributed by atoms with Gasteiger partial charge in [0, 0.05) is 61.0 Å². The Labute approximate surface area is 206 Å². The Hall–Kier alpha value is -3.59. The third kappa shape index (κ3) is 5.31. The van der Waals surface area contributed by atoms with Crippen LogP contribution in [-0.4, -0.2) is 44.4 Å². The lowest BCUT2D eigenvalue weighted by atomic mass is 9.96. The van der Waals surface area contributed by atoms with Gasteiger partial charge in [-0.3, -0.25) is 9.78 Å². The lowest BCUT2D eigenvalue weighted by molar-refractivity contribution is 0.0964. The second-order valence-corrected chi connectivity index (χ2v) is 8.24. The van der Waals surface area contributed by atoms with Crippen molar-refractivity contribution in [3.8, 4) is 11.3 Å². The monoisotopic (exact) mass is 475 g/mol. The zero-order valence-corrected chi connectivity index (χ0v) is 20.7. The zero-order valence-electron chi connectivity index (χ0n) is 19.7. The molecule has 8 nitrogen and oxygen atoms in total. The van der Waals surface area contributed by atoms with Gasteiger partial charge in [0.2, 0.25) is 0 Å². The molecule has 0 saturated carbocycles. The number of para-hydroxylation sites is 1. The van der Waals surface area contributed by atoms with Gasteiger partial charge in [0.25, 0.3) is 5.91 Å². The molecule has 9 heteroatoms. The van der Waals surface area contributed by atoms with Crippen molar-refractivity contribution in [3.05, 3.63) is 72.2 Å². The molecule has 1 aromatic carbocycles. The normalized spacial score (nSPS) is 11.7. The number of carbonyl (C=O) groups is 1. The SMILES string of the molecule is CNC(=O)c1ccnc2c([C@H](C)CNc3cc(-c4cnc(C(C)C)nc4)ncn3)cccc12.S. The van der Waals surface area contributed by atoms with Crippen molar-refractivity contribution in [3.63, 3.8) is 0 Å². The Morgan fingerprint density at radius 3 is 2.47 bits per heavy atom. The minimum atomic E-state index is -0.121. The number of hydrogen-bond donors (Lipinski definition) is 2. The van der Waals surface area contributed by atoms with Crippen LogP contribution in [0.1, 0.15) is 54.4 Å². The third-order valence-corrected chi connectivity index (χ3v) is 5.55. The average molecular weight is 476 g/mol. The molecule has 34 heavy (non-hydrogen) atoms. The number of nitrogens with one attached hydrogen (secondary N) is 2. The highest BCUT2D eigenvalue weighted by Crippen LogP contribution is 2.27. The van der Waals surface area contributed by atoms with Crippen molar-refractivity contribution in [2.24, 2.45) is 0 Å². The molecule has 0 aliphatic rings. The van der Waals surface area contributed by atoms with Gasteiger partial charge in [0.15, 0.2) is 0 Å². The molecule has 4 rings (SSSR count). The Balaban J connectivity index is 0.00000324. The second-order valence-electron chi connectivity index (χ2n) is 8.24. The van der Waals surface area contributed by atoms with Gasteiger partial charge in [0.1, 0.15) is 18.0 Å². The molecule has 4 aromatic rings. The van der Waals surface area contributed by atoms with E-state index in [-0.39, 0.29) is 31.2 Å². The minimum absolute atomic E-state index is 0. The maximum Gasteiger partial charge on any atom is 0.251 e. The summed E-state index contributed by atoms with van der Waals surface area (Å²) in [6.07, 6.45) is 6.81. The number of hydrogen-bond acceptors (Lipinski definition) is 7. The summed E-state index contributed by atoms with van der Waals surface area (Å²) in [4.78, 5) is 34.4. The molecule has 176 valence electrons. The molecular formula is C25H29N7OS. The summed E-state index contributed by atoms with van der Waals surface area (Å²) >= 11 is 0. The number of aromatic nitrogens is 5. The molecule has 0 unspecified atom stereocenters. The molecule has 3 heterocycles. The minimum Gasteiger partial charge on any atom is -0.369 e. The highest BCUT2D eigenvalue weighted by molar-refractivity contribution is 7.59. The number of anilines is 1. The van der Waals surface area contributed by atoms with E-state index in [0.29, 0.717) is 12.1 Å². The maximum atomic E-state index is 12.2. The van der Waals surface area contributed by atoms with Gasteiger partial charge in [-0.25, -0.2) is 19.9 Å². The molecule has 0 radical (unpaired) electrons. The van der Waals surface area contributed by atoms with Crippen LogP contribution in [0.15, 0.2) is 55.2 Å². The number of rotatable bonds is 7. The van der Waals surface area contributed by atoms with Crippen LogP contribution in [0.5, 0.6) is 0 Å². The summed E-state index contributed by atoms with van der Waals surface area (Å²) in [5.41, 5.74) is 4.13. The average Bonchev–Trinajstić information content (AvgIpc) is 2.86. The molecular weight excluding hydrogens is 446 g/mol. The quantitative estimate of drug-likeness (QED) is 0.411. The number of pyridine rings is 1. The van der Waals surface area contributed by atoms with Crippen LogP contribution in [0.4, 0.5) is 5.82 Å². The van der Waals surface area contributed by atoms with Crippen LogP contribution in [0.2, 0.25) is 0 Å². The van der Waals surface area contributed by atoms with Gasteiger partial charge < -0.3 is 10.6 Å². The Bertz CT molecular complexity index is 1280. The molecule has 0 spiro atoms. The fourth-order valence-electron chi connectivity index (χ4n) is 3.68. The first-order valence-electron chi connectivity index (χ1n) is 11.0. The Kier molecular flexibility index (Phi) is 8.12. The molecule has 1 atom stereocenters. The second kappa shape index (κ2) is 11.0. The van der Waals surface area contributed by atoms with Crippen LogP contribution in [0.25, 0.3) is 22.2 Å². The van der Waals surface area contributed by atoms with Gasteiger partial charge in [-0.05, 0) is 11.6 Å². The smallest absolute Gasteiger partial charge is 0.251 e. The number of fused-ring (bicyclic) bond motifs is 1. The summed E-state index contributed by atoms with van der Waals surface area (Å²) in [5, 5.41) is 6.93. The van der Waals surface area contributed by atoms with E-state index in [0.717, 1.165) is 39.4 Å². The van der Waals surface area contributed by atoms with Crippen molar-refractivity contribution < 1.29 is 4.79 Å². The third-order valence-electron chi connectivity index (χ3n) is 5.55. The lowest BCUT2D eigenvalue weighted by Gasteiger charge is -2.16. The summed E-state index contributed by atoms with van der Waals surface area (Å²) in [6.45, 7) is 6.89. The number of carbonyl (C=O) groups excluding carboxylic acids is 1. The largest absolute Gasteiger partial charge is 0.369 e. The molecule has 0 fully saturated rings. The van der Waals surface area contributed by atoms with E-state index < -0.39 is 0 Å². The fourth-order valence-corrected chi connectivity index (χ4v) is 3.68. The molecule has 0 saturated heterocycles. The first kappa shape index (κ1) is 25.0. The number of benzene rings is 1. The fraction of sp³-hybridized carbons (Fsp3) is 0.280. The number of amides is 1. The van der Waals surface area contributed by atoms with Crippen LogP contribution in [0.3, 0.4) is 0 Å². The van der Waals surface area contributed by atoms with Crippen molar-refractivity contribution in [1.29, 1.82) is 0 Å². The highest BCUT2D eigenvalue weighted by Gasteiger charge is 2.15. The van der Waals surface area contributed by atoms with Crippen LogP contribution < -0.4 is 10.6 Å². The summed E-state index contributed by atoms with van der Waals surface area (Å²) in [5.74, 6) is 1.82. The van der Waals surface area contributed by atoms with Crippen molar-refractivity contribution in [2.45, 2.75) is 32.6 Å². The molecule has 2 N–H and O–H groups in total. The van der Waals surface area contributed by atoms with E-state index in [4.69, 9.17) is 0 Å². The molecule has 0 aliphatic carbocycles. The molecule has 0 bridgehead atoms. The van der Waals surface area contributed by atoms with Crippen molar-refractivity contribution in [2.75, 3.05) is 18.9 Å². The molecule has 0 aliphatic heterocycles. The van der Waals surface area contributed by atoms with E-state index in [9.17, 15) is 4.79 Å². The van der Waals surface area contributed by atoms with Crippen molar-refractivity contribution in [1.82, 2.24) is 30.2 Å². The Morgan fingerprint density at radius 2 is 1.76 bits per heavy atom. The zero-order chi connectivity index (χ0) is 23.4. The first-order chi connectivity index (χ1) is 16.0. The van der Waals surface area contributed by atoms with Crippen LogP contribution in [0, 0.1) is 0 Å². The van der Waals surface area contributed by atoms with Gasteiger partial charge >= 0.3 is 0 Å². The summed E-state index contributed by atoms with van der Waals surface area (Å²) in [6, 6.07) is 9.58. The van der Waals surface area contributed by atoms with Gasteiger partial charge in [-0.1, -0.05) is 39.0 Å². The predicted octanol–water partition coefficient (Wildman–Crippen LogP) is 4.29. The van der Waals surface area contributed by atoms with E-state index >= 15 is 0 Å². The van der Waals surface area contributed by atoms with Gasteiger partial charge in [-0.15, -0.1) is 0 Å². The standard InChI is InChI=1S/C25H27N7O.H2S/c1-15(2)24-29-12-17(13-30-24)21-10-22(32-14-31-21)28-11-16(3)18-6-5-7-19-20(25(33)26-4)8-9-27-23(18)19;/h5-10,12-16H,11H2,1-4H3,(H,26,33)(H,28,31,32);1H2/t16-;/m1./s1. The van der Waals surface area contributed by atoms with E-state index in [1.807, 2.05) is 24.3 Å². The Morgan fingerprint density at radius 1 is 1.00 bits per heavy atom. The highest BCUT2D eigenvalue weighted by atomic mass is 32.1. The first-order valence-corrected chi connectivity index (χ1v) is 11.0. The van der Waals surface area contributed by atoms with Crippen LogP contribution >= 0.6 is 13.5 Å². The summed E-state index contributed by atoms with van der Waals surface area (Å²) < 4.78 is 0. The summed E-state index contributed by atoms with van der Waals surface area (Å²) in [7, 11) is 1.63. The lowest BCUT2D eigenvalue weighted by Crippen LogP contribution is -2.18. The molecule has 1 amide bonds. The van der Waals surface area contributed by atoms with Gasteiger partial charge in [0.05, 0.1) is 16.8 Å². The van der Waals surface area contributed by atoms with Crippen molar-refractivity contribution >= 4 is 36.1 Å². The van der Waals surface area contributed by atoms with E-state index in [1.54, 1.807) is 31.7 Å². The van der Waals surface area contributed by atoms with Crippen LogP contribution in [-0.2, 0) is 0 Å². The molecule has 3 aromatic heterocycles. The van der Waals surface area contributed by atoms with E-state index in [2.05, 4.69) is 56.3 Å². The van der Waals surface area contributed by atoms with Gasteiger partial charge in [-0.2, -0.15) is 13.5 Å².